The van der Waals surface area contributed by atoms with Crippen molar-refractivity contribution in [2.45, 2.75) is 51.6 Å². The van der Waals surface area contributed by atoms with E-state index >= 15 is 0 Å². The van der Waals surface area contributed by atoms with E-state index in [-0.39, 0.29) is 13.0 Å². The van der Waals surface area contributed by atoms with Gasteiger partial charge in [0.05, 0.1) is 34.4 Å². The number of carbonyl (C=O) groups is 1. The number of esters is 1. The lowest BCUT2D eigenvalue weighted by atomic mass is 10.1. The van der Waals surface area contributed by atoms with Crippen molar-refractivity contribution in [2.24, 2.45) is 0 Å². The van der Waals surface area contributed by atoms with Gasteiger partial charge in [0.25, 0.3) is 7.82 Å². The molecule has 0 bridgehead atoms. The number of hydrogen-bond acceptors (Lipinski definition) is 7. The zero-order valence-corrected chi connectivity index (χ0v) is 16.8. The van der Waals surface area contributed by atoms with E-state index in [1.165, 1.54) is 0 Å². The largest absolute Gasteiger partial charge is 0.756 e. The molecule has 0 radical (unpaired) electrons. The number of likely N-dealkylation sites (N-methyl/N-ethyl adjacent to an activating group) is 1. The highest BCUT2D eigenvalue weighted by Gasteiger charge is 2.19. The zero-order valence-electron chi connectivity index (χ0n) is 15.9. The fourth-order valence-electron chi connectivity index (χ4n) is 1.88. The van der Waals surface area contributed by atoms with Crippen LogP contribution in [0, 0.1) is 0 Å². The van der Waals surface area contributed by atoms with Crippen molar-refractivity contribution in [1.29, 1.82) is 0 Å². The minimum atomic E-state index is -4.49. The summed E-state index contributed by atoms with van der Waals surface area (Å²) in [5.74, 6) is -0.467. The number of unbranched alkanes of at least 4 members (excludes halogenated alkanes) is 4. The summed E-state index contributed by atoms with van der Waals surface area (Å²) in [6.45, 7) is 1.63. The van der Waals surface area contributed by atoms with Crippen LogP contribution >= 0.6 is 7.82 Å². The number of phosphoric acid groups is 1. The van der Waals surface area contributed by atoms with Crippen molar-refractivity contribution in [1.82, 2.24) is 0 Å². The van der Waals surface area contributed by atoms with Crippen molar-refractivity contribution in [3.8, 4) is 0 Å². The molecule has 8 nitrogen and oxygen atoms in total. The third-order valence-electron chi connectivity index (χ3n) is 3.42. The highest BCUT2D eigenvalue weighted by atomic mass is 31.2. The molecule has 0 saturated carbocycles. The predicted molar refractivity (Wildman–Crippen MR) is 92.8 cm³/mol. The average Bonchev–Trinajstić information content (AvgIpc) is 2.49. The van der Waals surface area contributed by atoms with E-state index in [9.17, 15) is 19.4 Å². The summed E-state index contributed by atoms with van der Waals surface area (Å²) in [5.41, 5.74) is 0. The molecule has 0 aromatic heterocycles. The highest BCUT2D eigenvalue weighted by Crippen LogP contribution is 2.38. The molecule has 150 valence electrons. The van der Waals surface area contributed by atoms with Gasteiger partial charge in [-0.25, -0.2) is 0 Å². The molecule has 0 saturated heterocycles. The van der Waals surface area contributed by atoms with E-state index in [4.69, 9.17) is 9.26 Å². The maximum absolute atomic E-state index is 11.7. The van der Waals surface area contributed by atoms with E-state index < -0.39 is 33.1 Å². The minimum Gasteiger partial charge on any atom is -0.756 e. The number of aliphatic hydroxyl groups excluding tert-OH is 1. The summed E-state index contributed by atoms with van der Waals surface area (Å²) in [4.78, 5) is 23.3. The van der Waals surface area contributed by atoms with Crippen molar-refractivity contribution in [3.63, 3.8) is 0 Å². The molecule has 0 aliphatic carbocycles. The molecule has 0 heterocycles. The summed E-state index contributed by atoms with van der Waals surface area (Å²) < 4.78 is 26.7. The Hall–Kier alpha value is -0.500. The Morgan fingerprint density at radius 3 is 2.36 bits per heavy atom. The lowest BCUT2D eigenvalue weighted by Gasteiger charge is -2.28. The van der Waals surface area contributed by atoms with Gasteiger partial charge >= 0.3 is 5.97 Å². The van der Waals surface area contributed by atoms with Crippen LogP contribution in [0.15, 0.2) is 0 Å². The number of rotatable bonds is 15. The maximum Gasteiger partial charge on any atom is 0.306 e. The first-order valence-corrected chi connectivity index (χ1v) is 10.3. The van der Waals surface area contributed by atoms with Gasteiger partial charge in [-0.15, -0.1) is 0 Å². The Kier molecular flexibility index (Phi) is 12.5. The number of aliphatic hydroxyl groups is 1. The van der Waals surface area contributed by atoms with Crippen molar-refractivity contribution >= 4 is 13.8 Å². The molecule has 0 amide bonds. The van der Waals surface area contributed by atoms with Crippen LogP contribution in [0.4, 0.5) is 0 Å². The molecule has 1 N–H and O–H groups in total. The van der Waals surface area contributed by atoms with Crippen LogP contribution in [-0.2, 0) is 23.1 Å². The topological polar surface area (TPSA) is 105 Å². The molecular formula is C16H34NO7P. The summed E-state index contributed by atoms with van der Waals surface area (Å²) in [5, 5.41) is 9.20. The van der Waals surface area contributed by atoms with Gasteiger partial charge in [0.1, 0.15) is 19.3 Å². The molecular weight excluding hydrogens is 349 g/mol. The van der Waals surface area contributed by atoms with Gasteiger partial charge in [0.15, 0.2) is 0 Å². The second-order valence-electron chi connectivity index (χ2n) is 7.05. The molecule has 0 aliphatic heterocycles. The second kappa shape index (κ2) is 12.8. The van der Waals surface area contributed by atoms with E-state index in [0.29, 0.717) is 17.4 Å². The fraction of sp³-hybridized carbons (Fsp3) is 0.938. The molecule has 0 aromatic carbocycles. The molecule has 0 spiro atoms. The monoisotopic (exact) mass is 383 g/mol. The molecule has 9 heteroatoms. The molecule has 2 atom stereocenters. The van der Waals surface area contributed by atoms with Gasteiger partial charge in [-0.05, 0) is 6.42 Å². The van der Waals surface area contributed by atoms with Crippen LogP contribution in [0.5, 0.6) is 0 Å². The summed E-state index contributed by atoms with van der Waals surface area (Å²) in [6, 6.07) is 0. The summed E-state index contributed by atoms with van der Waals surface area (Å²) in [6.07, 6.45) is 4.21. The van der Waals surface area contributed by atoms with Crippen LogP contribution in [-0.4, -0.2) is 69.2 Å². The second-order valence-corrected chi connectivity index (χ2v) is 8.46. The molecule has 25 heavy (non-hydrogen) atoms. The highest BCUT2D eigenvalue weighted by molar-refractivity contribution is 7.45. The standard InChI is InChI=1S/C16H34NO7P/c1-5-6-7-8-9-10-16(19)24-15(13-18)14-23-25(20,21)22-12-11-17(2,3)4/h15,18H,5-14H2,1-4H3. The Bertz CT molecular complexity index is 412. The third kappa shape index (κ3) is 15.5. The predicted octanol–water partition coefficient (Wildman–Crippen LogP) is 1.46. The van der Waals surface area contributed by atoms with Gasteiger partial charge < -0.3 is 28.3 Å². The minimum absolute atomic E-state index is 0.00832. The lowest BCUT2D eigenvalue weighted by Crippen LogP contribution is -2.37. The molecule has 0 rings (SSSR count). The van der Waals surface area contributed by atoms with Crippen LogP contribution in [0.25, 0.3) is 0 Å². The third-order valence-corrected chi connectivity index (χ3v) is 4.38. The number of hydrogen-bond donors (Lipinski definition) is 1. The molecule has 2 unspecified atom stereocenters. The molecule has 0 aliphatic rings. The Labute approximate surface area is 151 Å². The lowest BCUT2D eigenvalue weighted by molar-refractivity contribution is -0.870. The van der Waals surface area contributed by atoms with Gasteiger partial charge in [0.2, 0.25) is 0 Å². The molecule has 0 aromatic rings. The van der Waals surface area contributed by atoms with Gasteiger partial charge in [-0.1, -0.05) is 32.6 Å². The van der Waals surface area contributed by atoms with Crippen LogP contribution in [0.1, 0.15) is 45.4 Å². The average molecular weight is 383 g/mol. The number of carbonyl (C=O) groups excluding carboxylic acids is 1. The van der Waals surface area contributed by atoms with Crippen molar-refractivity contribution in [3.05, 3.63) is 0 Å². The number of ether oxygens (including phenoxy) is 1. The van der Waals surface area contributed by atoms with Gasteiger partial charge in [-0.3, -0.25) is 9.36 Å². The first-order valence-electron chi connectivity index (χ1n) is 8.80. The summed E-state index contributed by atoms with van der Waals surface area (Å²) >= 11 is 0. The van der Waals surface area contributed by atoms with E-state index in [1.807, 2.05) is 21.1 Å². The Morgan fingerprint density at radius 2 is 1.80 bits per heavy atom. The maximum atomic E-state index is 11.7. The van der Waals surface area contributed by atoms with Crippen molar-refractivity contribution < 1.29 is 37.6 Å². The van der Waals surface area contributed by atoms with E-state index in [1.54, 1.807) is 0 Å². The van der Waals surface area contributed by atoms with Crippen molar-refractivity contribution in [2.75, 3.05) is 47.5 Å². The Balaban J connectivity index is 4.05. The van der Waals surface area contributed by atoms with Crippen LogP contribution in [0.3, 0.4) is 0 Å². The zero-order chi connectivity index (χ0) is 19.3. The first kappa shape index (κ1) is 24.5. The SMILES string of the molecule is CCCCCCCC(=O)OC(CO)COP(=O)([O-])OCC[N+](C)(C)C. The summed E-state index contributed by atoms with van der Waals surface area (Å²) in [7, 11) is 1.23. The van der Waals surface area contributed by atoms with E-state index in [0.717, 1.165) is 25.7 Å². The van der Waals surface area contributed by atoms with Crippen LogP contribution in [0.2, 0.25) is 0 Å². The first-order chi connectivity index (χ1) is 11.6. The fourth-order valence-corrected chi connectivity index (χ4v) is 2.61. The number of phosphoric ester groups is 1. The number of quaternary nitrogens is 1. The normalized spacial score (nSPS) is 15.6. The number of nitrogens with zero attached hydrogens (tertiary/aromatic N) is 1. The van der Waals surface area contributed by atoms with Gasteiger partial charge in [0, 0.05) is 6.42 Å². The van der Waals surface area contributed by atoms with Crippen LogP contribution < -0.4 is 4.89 Å². The molecule has 0 fully saturated rings. The van der Waals surface area contributed by atoms with E-state index in [2.05, 4.69) is 11.4 Å². The smallest absolute Gasteiger partial charge is 0.306 e. The quantitative estimate of drug-likeness (QED) is 0.197. The Morgan fingerprint density at radius 1 is 1.16 bits per heavy atom. The van der Waals surface area contributed by atoms with Gasteiger partial charge in [-0.2, -0.15) is 0 Å².